The second kappa shape index (κ2) is 7.71. The molecule has 33 heavy (non-hydrogen) atoms. The van der Waals surface area contributed by atoms with Crippen molar-refractivity contribution in [3.05, 3.63) is 94.5 Å². The third-order valence-corrected chi connectivity index (χ3v) is 8.57. The van der Waals surface area contributed by atoms with E-state index >= 15 is 0 Å². The molecule has 2 amide bonds. The molecule has 3 aromatic carbocycles. The summed E-state index contributed by atoms with van der Waals surface area (Å²) in [5.74, 6) is -2.00. The Kier molecular flexibility index (Phi) is 5.06. The summed E-state index contributed by atoms with van der Waals surface area (Å²) in [7, 11) is -4.19. The minimum atomic E-state index is -4.19. The Labute approximate surface area is 197 Å². The van der Waals surface area contributed by atoms with Crippen molar-refractivity contribution in [2.45, 2.75) is 24.8 Å². The fourth-order valence-corrected chi connectivity index (χ4v) is 7.03. The van der Waals surface area contributed by atoms with Crippen LogP contribution in [0.5, 0.6) is 0 Å². The van der Waals surface area contributed by atoms with Crippen molar-refractivity contribution in [3.8, 4) is 0 Å². The van der Waals surface area contributed by atoms with E-state index in [-0.39, 0.29) is 6.54 Å². The zero-order valence-electron chi connectivity index (χ0n) is 17.9. The third kappa shape index (κ3) is 3.10. The Bertz CT molecular complexity index is 1400. The Hall–Kier alpha value is -3.16. The standard InChI is InChI=1S/C25H21ClN2O4S/c1-2-17-7-6-10-20(14-17)28-23(29)16-33(31,32)25(28)21-11-3-4-12-22(21)27(24(25)30)15-18-8-5-9-19(26)13-18/h3-14H,2,15-16H2,1H3/t25-/m0/s1. The molecular weight excluding hydrogens is 460 g/mol. The Balaban J connectivity index is 1.73. The van der Waals surface area contributed by atoms with Crippen LogP contribution in [0.2, 0.25) is 5.02 Å². The van der Waals surface area contributed by atoms with Gasteiger partial charge in [0.1, 0.15) is 5.75 Å². The van der Waals surface area contributed by atoms with Gasteiger partial charge in [0.2, 0.25) is 5.91 Å². The summed E-state index contributed by atoms with van der Waals surface area (Å²) in [6.07, 6.45) is 0.709. The smallest absolute Gasteiger partial charge is 0.274 e. The van der Waals surface area contributed by atoms with E-state index < -0.39 is 32.3 Å². The number of sulfone groups is 1. The lowest BCUT2D eigenvalue weighted by Crippen LogP contribution is -2.54. The summed E-state index contributed by atoms with van der Waals surface area (Å²) >= 11 is 6.13. The first kappa shape index (κ1) is 21.7. The van der Waals surface area contributed by atoms with Crippen LogP contribution in [0.1, 0.15) is 23.6 Å². The number of halogens is 1. The van der Waals surface area contributed by atoms with Crippen LogP contribution in [0.25, 0.3) is 0 Å². The van der Waals surface area contributed by atoms with Gasteiger partial charge in [-0.05, 0) is 47.9 Å². The fraction of sp³-hybridized carbons (Fsp3) is 0.200. The molecule has 0 N–H and O–H groups in total. The van der Waals surface area contributed by atoms with E-state index in [0.717, 1.165) is 11.1 Å². The maximum absolute atomic E-state index is 14.1. The number of anilines is 2. The number of benzene rings is 3. The van der Waals surface area contributed by atoms with Gasteiger partial charge >= 0.3 is 0 Å². The van der Waals surface area contributed by atoms with E-state index in [1.54, 1.807) is 60.7 Å². The first-order valence-electron chi connectivity index (χ1n) is 10.6. The van der Waals surface area contributed by atoms with Crippen LogP contribution in [0.15, 0.2) is 72.8 Å². The van der Waals surface area contributed by atoms with Gasteiger partial charge in [0.25, 0.3) is 10.8 Å². The van der Waals surface area contributed by atoms with Crippen molar-refractivity contribution in [1.29, 1.82) is 0 Å². The molecule has 0 radical (unpaired) electrons. The second-order valence-corrected chi connectivity index (χ2v) is 10.7. The molecule has 0 unspecified atom stereocenters. The third-order valence-electron chi connectivity index (χ3n) is 6.23. The van der Waals surface area contributed by atoms with Crippen molar-refractivity contribution < 1.29 is 18.0 Å². The molecule has 0 bridgehead atoms. The van der Waals surface area contributed by atoms with Crippen LogP contribution < -0.4 is 9.80 Å². The lowest BCUT2D eigenvalue weighted by atomic mass is 10.0. The lowest BCUT2D eigenvalue weighted by Gasteiger charge is -2.33. The molecule has 5 rings (SSSR count). The maximum Gasteiger partial charge on any atom is 0.274 e. The summed E-state index contributed by atoms with van der Waals surface area (Å²) in [5, 5.41) is 0.517. The molecule has 0 saturated carbocycles. The number of para-hydroxylation sites is 1. The van der Waals surface area contributed by atoms with Crippen molar-refractivity contribution in [2.24, 2.45) is 0 Å². The van der Waals surface area contributed by atoms with Gasteiger partial charge in [-0.1, -0.05) is 61.0 Å². The van der Waals surface area contributed by atoms with Gasteiger partial charge in [-0.15, -0.1) is 0 Å². The average molecular weight is 481 g/mol. The van der Waals surface area contributed by atoms with Crippen LogP contribution in [0, 0.1) is 0 Å². The highest BCUT2D eigenvalue weighted by atomic mass is 35.5. The molecule has 0 aliphatic carbocycles. The minimum absolute atomic E-state index is 0.130. The molecule has 168 valence electrons. The summed E-state index contributed by atoms with van der Waals surface area (Å²) in [5.41, 5.74) is 2.86. The highest BCUT2D eigenvalue weighted by Crippen LogP contribution is 2.52. The summed E-state index contributed by atoms with van der Waals surface area (Å²) in [4.78, 5) is 27.8. The van der Waals surface area contributed by atoms with E-state index in [2.05, 4.69) is 0 Å². The molecule has 8 heteroatoms. The second-order valence-electron chi connectivity index (χ2n) is 8.19. The highest BCUT2D eigenvalue weighted by Gasteiger charge is 2.69. The summed E-state index contributed by atoms with van der Waals surface area (Å²) in [6, 6.07) is 21.0. The first-order valence-corrected chi connectivity index (χ1v) is 12.6. The van der Waals surface area contributed by atoms with Crippen LogP contribution in [0.3, 0.4) is 0 Å². The summed E-state index contributed by atoms with van der Waals surface area (Å²) < 4.78 is 27.3. The SMILES string of the molecule is CCc1cccc(N2C(=O)CS(=O)(=O)[C@@]23C(=O)N(Cc2cccc(Cl)c2)c2ccccc23)c1. The van der Waals surface area contributed by atoms with Crippen LogP contribution in [-0.4, -0.2) is 26.0 Å². The lowest BCUT2D eigenvalue weighted by molar-refractivity contribution is -0.123. The number of aryl methyl sites for hydroxylation is 1. The van der Waals surface area contributed by atoms with Crippen LogP contribution in [-0.2, 0) is 37.3 Å². The molecule has 2 heterocycles. The predicted molar refractivity (Wildman–Crippen MR) is 128 cm³/mol. The highest BCUT2D eigenvalue weighted by molar-refractivity contribution is 7.94. The molecule has 1 fully saturated rings. The number of hydrogen-bond donors (Lipinski definition) is 0. The Morgan fingerprint density at radius 3 is 2.42 bits per heavy atom. The molecule has 6 nitrogen and oxygen atoms in total. The maximum atomic E-state index is 14.1. The zero-order valence-corrected chi connectivity index (χ0v) is 19.4. The van der Waals surface area contributed by atoms with E-state index in [1.807, 2.05) is 19.1 Å². The number of fused-ring (bicyclic) bond motifs is 2. The number of amides is 2. The number of hydrogen-bond acceptors (Lipinski definition) is 4. The van der Waals surface area contributed by atoms with Crippen molar-refractivity contribution in [2.75, 3.05) is 15.6 Å². The number of rotatable bonds is 4. The molecule has 2 aliphatic heterocycles. The van der Waals surface area contributed by atoms with Gasteiger partial charge in [0.15, 0.2) is 9.84 Å². The molecule has 3 aromatic rings. The van der Waals surface area contributed by atoms with Gasteiger partial charge in [0, 0.05) is 16.3 Å². The average Bonchev–Trinajstić information content (AvgIpc) is 3.16. The molecular formula is C25H21ClN2O4S. The molecule has 0 aromatic heterocycles. The van der Waals surface area contributed by atoms with Crippen molar-refractivity contribution in [3.63, 3.8) is 0 Å². The molecule has 1 spiro atoms. The van der Waals surface area contributed by atoms with E-state index in [4.69, 9.17) is 11.6 Å². The minimum Gasteiger partial charge on any atom is -0.304 e. The van der Waals surface area contributed by atoms with Crippen LogP contribution in [0.4, 0.5) is 11.4 Å². The topological polar surface area (TPSA) is 74.8 Å². The van der Waals surface area contributed by atoms with Gasteiger partial charge in [0.05, 0.1) is 12.2 Å². The number of nitrogens with zero attached hydrogens (tertiary/aromatic N) is 2. The Morgan fingerprint density at radius 2 is 1.67 bits per heavy atom. The quantitative estimate of drug-likeness (QED) is 0.564. The van der Waals surface area contributed by atoms with Crippen molar-refractivity contribution >= 4 is 44.6 Å². The van der Waals surface area contributed by atoms with E-state index in [0.29, 0.717) is 28.4 Å². The van der Waals surface area contributed by atoms with E-state index in [9.17, 15) is 18.0 Å². The normalized spacial score (nSPS) is 21.2. The first-order chi connectivity index (χ1) is 15.8. The van der Waals surface area contributed by atoms with Crippen molar-refractivity contribution in [1.82, 2.24) is 0 Å². The summed E-state index contributed by atoms with van der Waals surface area (Å²) in [6.45, 7) is 2.10. The molecule has 2 aliphatic rings. The van der Waals surface area contributed by atoms with Crippen LogP contribution >= 0.6 is 11.6 Å². The molecule has 1 atom stereocenters. The van der Waals surface area contributed by atoms with Gasteiger partial charge in [-0.25, -0.2) is 8.42 Å². The van der Waals surface area contributed by atoms with Gasteiger partial charge in [-0.2, -0.15) is 0 Å². The number of carbonyl (C=O) groups is 2. The molecule has 1 saturated heterocycles. The predicted octanol–water partition coefficient (Wildman–Crippen LogP) is 4.06. The Morgan fingerprint density at radius 1 is 0.939 bits per heavy atom. The fourth-order valence-electron chi connectivity index (χ4n) is 4.78. The largest absolute Gasteiger partial charge is 0.304 e. The van der Waals surface area contributed by atoms with Gasteiger partial charge in [-0.3, -0.25) is 14.5 Å². The van der Waals surface area contributed by atoms with E-state index in [1.165, 1.54) is 9.80 Å². The van der Waals surface area contributed by atoms with Gasteiger partial charge < -0.3 is 4.90 Å². The monoisotopic (exact) mass is 480 g/mol. The number of carbonyl (C=O) groups excluding carboxylic acids is 2. The zero-order chi connectivity index (χ0) is 23.4.